The molecule has 4 aromatic rings. The van der Waals surface area contributed by atoms with Crippen LogP contribution in [0, 0.1) is 6.92 Å². The first-order valence-electron chi connectivity index (χ1n) is 11.7. The minimum Gasteiger partial charge on any atom is -0.457 e. The second-order valence-electron chi connectivity index (χ2n) is 8.25. The van der Waals surface area contributed by atoms with Crippen LogP contribution in [0.1, 0.15) is 5.56 Å². The third-order valence-corrected chi connectivity index (χ3v) is 5.58. The molecule has 0 heterocycles. The molecule has 0 spiro atoms. The summed E-state index contributed by atoms with van der Waals surface area (Å²) in [4.78, 5) is 27.2. The minimum absolute atomic E-state index is 0.218. The SMILES string of the molecule is Cc1cccc(NC(=O)N(CCNC(=O)Nc2cccc(Cl)c2)c2ccc(Oc3ccccc3)cc2)c1. The van der Waals surface area contributed by atoms with Gasteiger partial charge in [-0.3, -0.25) is 4.90 Å². The Morgan fingerprint density at radius 3 is 2.16 bits per heavy atom. The lowest BCUT2D eigenvalue weighted by Gasteiger charge is -2.24. The lowest BCUT2D eigenvalue weighted by molar-refractivity contribution is 0.250. The highest BCUT2D eigenvalue weighted by molar-refractivity contribution is 6.30. The summed E-state index contributed by atoms with van der Waals surface area (Å²) in [5.41, 5.74) is 2.95. The fourth-order valence-corrected chi connectivity index (χ4v) is 3.79. The van der Waals surface area contributed by atoms with Gasteiger partial charge in [0.05, 0.1) is 0 Å². The number of aryl methyl sites for hydroxylation is 1. The molecule has 4 aromatic carbocycles. The molecule has 0 aliphatic heterocycles. The Kier molecular flexibility index (Phi) is 8.62. The van der Waals surface area contributed by atoms with Crippen LogP contribution in [-0.2, 0) is 0 Å². The number of carbonyl (C=O) groups excluding carboxylic acids is 2. The number of urea groups is 2. The van der Waals surface area contributed by atoms with Crippen LogP contribution in [-0.4, -0.2) is 25.2 Å². The average Bonchev–Trinajstić information content (AvgIpc) is 2.88. The summed E-state index contributed by atoms with van der Waals surface area (Å²) in [5, 5.41) is 8.97. The van der Waals surface area contributed by atoms with Gasteiger partial charge in [0.25, 0.3) is 0 Å². The van der Waals surface area contributed by atoms with Crippen molar-refractivity contribution in [3.8, 4) is 11.5 Å². The molecule has 4 rings (SSSR count). The molecule has 0 aromatic heterocycles. The highest BCUT2D eigenvalue weighted by atomic mass is 35.5. The quantitative estimate of drug-likeness (QED) is 0.231. The molecule has 3 N–H and O–H groups in total. The van der Waals surface area contributed by atoms with Crippen LogP contribution in [0.3, 0.4) is 0 Å². The first-order chi connectivity index (χ1) is 18.0. The third kappa shape index (κ3) is 7.75. The molecule has 0 fully saturated rings. The fraction of sp³-hybridized carbons (Fsp3) is 0.103. The van der Waals surface area contributed by atoms with Crippen molar-refractivity contribution in [3.05, 3.63) is 114 Å². The number of hydrogen-bond donors (Lipinski definition) is 3. The maximum Gasteiger partial charge on any atom is 0.326 e. The number of amides is 4. The first-order valence-corrected chi connectivity index (χ1v) is 12.1. The predicted octanol–water partition coefficient (Wildman–Crippen LogP) is 7.30. The van der Waals surface area contributed by atoms with Crippen molar-refractivity contribution in [2.75, 3.05) is 28.6 Å². The zero-order valence-corrected chi connectivity index (χ0v) is 21.0. The summed E-state index contributed by atoms with van der Waals surface area (Å²) in [7, 11) is 0. The second-order valence-corrected chi connectivity index (χ2v) is 8.69. The molecule has 4 amide bonds. The van der Waals surface area contributed by atoms with Crippen molar-refractivity contribution in [2.45, 2.75) is 6.92 Å². The number of benzene rings is 4. The molecule has 8 heteroatoms. The molecule has 0 saturated heterocycles. The van der Waals surface area contributed by atoms with Crippen LogP contribution >= 0.6 is 11.6 Å². The summed E-state index contributed by atoms with van der Waals surface area (Å²) in [6.45, 7) is 2.41. The minimum atomic E-state index is -0.395. The van der Waals surface area contributed by atoms with Gasteiger partial charge >= 0.3 is 12.1 Å². The number of para-hydroxylation sites is 1. The molecule has 0 aliphatic carbocycles. The van der Waals surface area contributed by atoms with Crippen LogP contribution in [0.4, 0.5) is 26.7 Å². The van der Waals surface area contributed by atoms with E-state index in [0.29, 0.717) is 27.8 Å². The van der Waals surface area contributed by atoms with Crippen LogP contribution < -0.4 is 25.6 Å². The zero-order chi connectivity index (χ0) is 26.0. The zero-order valence-electron chi connectivity index (χ0n) is 20.3. The number of nitrogens with one attached hydrogen (secondary N) is 3. The summed E-state index contributed by atoms with van der Waals surface area (Å²) in [6.07, 6.45) is 0. The largest absolute Gasteiger partial charge is 0.457 e. The lowest BCUT2D eigenvalue weighted by Crippen LogP contribution is -2.42. The molecule has 0 atom stereocenters. The number of nitrogens with zero attached hydrogens (tertiary/aromatic N) is 1. The van der Waals surface area contributed by atoms with E-state index in [0.717, 1.165) is 11.3 Å². The molecule has 0 radical (unpaired) electrons. The molecule has 37 heavy (non-hydrogen) atoms. The van der Waals surface area contributed by atoms with E-state index in [1.165, 1.54) is 0 Å². The van der Waals surface area contributed by atoms with E-state index in [2.05, 4.69) is 16.0 Å². The van der Waals surface area contributed by atoms with Crippen LogP contribution in [0.15, 0.2) is 103 Å². The van der Waals surface area contributed by atoms with E-state index in [4.69, 9.17) is 16.3 Å². The van der Waals surface area contributed by atoms with E-state index in [1.54, 1.807) is 53.4 Å². The highest BCUT2D eigenvalue weighted by Gasteiger charge is 2.17. The highest BCUT2D eigenvalue weighted by Crippen LogP contribution is 2.25. The van der Waals surface area contributed by atoms with Gasteiger partial charge in [0.15, 0.2) is 0 Å². The fourth-order valence-electron chi connectivity index (χ4n) is 3.60. The van der Waals surface area contributed by atoms with Gasteiger partial charge in [-0.2, -0.15) is 0 Å². The van der Waals surface area contributed by atoms with E-state index >= 15 is 0 Å². The number of rotatable bonds is 8. The van der Waals surface area contributed by atoms with Gasteiger partial charge in [0.1, 0.15) is 11.5 Å². The van der Waals surface area contributed by atoms with Gasteiger partial charge in [-0.25, -0.2) is 9.59 Å². The lowest BCUT2D eigenvalue weighted by atomic mass is 10.2. The Bertz CT molecular complexity index is 1350. The van der Waals surface area contributed by atoms with Gasteiger partial charge in [0, 0.05) is 35.2 Å². The van der Waals surface area contributed by atoms with Crippen molar-refractivity contribution in [2.24, 2.45) is 0 Å². The predicted molar refractivity (Wildman–Crippen MR) is 149 cm³/mol. The molecular weight excluding hydrogens is 488 g/mol. The molecular formula is C29H27ClN4O3. The molecule has 188 valence electrons. The Hall–Kier alpha value is -4.49. The normalized spacial score (nSPS) is 10.3. The van der Waals surface area contributed by atoms with E-state index in [-0.39, 0.29) is 19.1 Å². The maximum atomic E-state index is 13.2. The van der Waals surface area contributed by atoms with Crippen LogP contribution in [0.5, 0.6) is 11.5 Å². The first kappa shape index (κ1) is 25.6. The van der Waals surface area contributed by atoms with Crippen molar-refractivity contribution in [1.82, 2.24) is 5.32 Å². The number of hydrogen-bond acceptors (Lipinski definition) is 3. The summed E-state index contributed by atoms with van der Waals surface area (Å²) in [5.74, 6) is 1.37. The van der Waals surface area contributed by atoms with Crippen molar-refractivity contribution < 1.29 is 14.3 Å². The van der Waals surface area contributed by atoms with Crippen molar-refractivity contribution >= 4 is 40.7 Å². The van der Waals surface area contributed by atoms with E-state index in [1.807, 2.05) is 61.5 Å². The van der Waals surface area contributed by atoms with E-state index in [9.17, 15) is 9.59 Å². The standard InChI is InChI=1S/C29H27ClN4O3/c1-21-7-5-9-23(19-21)33-29(36)34(18-17-31-28(35)32-24-10-6-8-22(30)20-24)25-13-15-27(16-14-25)37-26-11-3-2-4-12-26/h2-16,19-20H,17-18H2,1H3,(H,33,36)(H2,31,32,35). The van der Waals surface area contributed by atoms with Crippen molar-refractivity contribution in [1.29, 1.82) is 0 Å². The van der Waals surface area contributed by atoms with E-state index < -0.39 is 6.03 Å². The molecule has 0 bridgehead atoms. The van der Waals surface area contributed by atoms with Crippen molar-refractivity contribution in [3.63, 3.8) is 0 Å². The Morgan fingerprint density at radius 2 is 1.46 bits per heavy atom. The number of ether oxygens (including phenoxy) is 1. The number of anilines is 3. The summed E-state index contributed by atoms with van der Waals surface area (Å²) < 4.78 is 5.87. The van der Waals surface area contributed by atoms with Gasteiger partial charge in [-0.1, -0.05) is 48.0 Å². The second kappa shape index (κ2) is 12.5. The maximum absolute atomic E-state index is 13.2. The van der Waals surface area contributed by atoms with Gasteiger partial charge in [-0.05, 0) is 79.2 Å². The van der Waals surface area contributed by atoms with Gasteiger partial charge in [0.2, 0.25) is 0 Å². The average molecular weight is 515 g/mol. The monoisotopic (exact) mass is 514 g/mol. The van der Waals surface area contributed by atoms with Crippen LogP contribution in [0.25, 0.3) is 0 Å². The molecule has 0 unspecified atom stereocenters. The summed E-state index contributed by atoms with van der Waals surface area (Å²) >= 11 is 5.98. The Balaban J connectivity index is 1.43. The van der Waals surface area contributed by atoms with Gasteiger partial charge in [-0.15, -0.1) is 0 Å². The molecule has 7 nitrogen and oxygen atoms in total. The van der Waals surface area contributed by atoms with Crippen LogP contribution in [0.2, 0.25) is 5.02 Å². The molecule has 0 saturated carbocycles. The smallest absolute Gasteiger partial charge is 0.326 e. The number of halogens is 1. The summed E-state index contributed by atoms with van der Waals surface area (Å²) in [6, 6.07) is 30.4. The molecule has 0 aliphatic rings. The third-order valence-electron chi connectivity index (χ3n) is 5.35. The van der Waals surface area contributed by atoms with Gasteiger partial charge < -0.3 is 20.7 Å². The Labute approximate surface area is 221 Å². The number of carbonyl (C=O) groups is 2. The topological polar surface area (TPSA) is 82.7 Å². The Morgan fingerprint density at radius 1 is 0.784 bits per heavy atom.